The van der Waals surface area contributed by atoms with Crippen molar-refractivity contribution in [1.29, 1.82) is 0 Å². The number of nitrogens with zero attached hydrogens (tertiary/aromatic N) is 3. The number of fused-ring (bicyclic) bond motifs is 4. The Bertz CT molecular complexity index is 3670. The standard InChI is InChI=1S/C61H39N3O/c1-4-14-40(15-5-1)43-28-32-45(33-29-43)52-23-12-25-54-57-55(26-13-27-56(57)65-58(52)54)61-63-59(46-34-30-44(31-35-46)48-21-10-20-47(38-48)41-16-6-2-7-17-41)62-60(64-61)53-24-11-22-50-39-49(36-37-51(50)53)42-18-8-3-9-19-42/h1-39H. The van der Waals surface area contributed by atoms with Gasteiger partial charge >= 0.3 is 0 Å². The van der Waals surface area contributed by atoms with Crippen LogP contribution in [0.2, 0.25) is 0 Å². The zero-order chi connectivity index (χ0) is 43.1. The Morgan fingerprint density at radius 1 is 0.262 bits per heavy atom. The SMILES string of the molecule is c1ccc(-c2ccc(-c3cccc4c3oc3cccc(-c5nc(-c6ccc(-c7cccc(-c8ccccc8)c7)cc6)nc(-c6cccc7cc(-c8ccccc8)ccc67)n5)c34)cc2)cc1. The zero-order valence-corrected chi connectivity index (χ0v) is 35.3. The van der Waals surface area contributed by atoms with Crippen molar-refractivity contribution in [2.75, 3.05) is 0 Å². The molecule has 4 heteroatoms. The molecule has 304 valence electrons. The first-order valence-corrected chi connectivity index (χ1v) is 21.9. The van der Waals surface area contributed by atoms with E-state index >= 15 is 0 Å². The number of hydrogen-bond donors (Lipinski definition) is 0. The zero-order valence-electron chi connectivity index (χ0n) is 35.3. The lowest BCUT2D eigenvalue weighted by Gasteiger charge is -2.12. The first kappa shape index (κ1) is 38.0. The summed E-state index contributed by atoms with van der Waals surface area (Å²) >= 11 is 0. The molecular weight excluding hydrogens is 791 g/mol. The smallest absolute Gasteiger partial charge is 0.164 e. The van der Waals surface area contributed by atoms with Crippen molar-refractivity contribution in [3.8, 4) is 89.8 Å². The molecule has 0 amide bonds. The van der Waals surface area contributed by atoms with E-state index in [-0.39, 0.29) is 0 Å². The minimum atomic E-state index is 0.577. The molecule has 0 N–H and O–H groups in total. The molecule has 65 heavy (non-hydrogen) atoms. The summed E-state index contributed by atoms with van der Waals surface area (Å²) in [5.41, 5.74) is 15.7. The number of benzene rings is 10. The highest BCUT2D eigenvalue weighted by atomic mass is 16.3. The van der Waals surface area contributed by atoms with Crippen molar-refractivity contribution in [2.24, 2.45) is 0 Å². The van der Waals surface area contributed by atoms with Crippen molar-refractivity contribution < 1.29 is 4.42 Å². The third kappa shape index (κ3) is 7.13. The maximum Gasteiger partial charge on any atom is 0.164 e. The monoisotopic (exact) mass is 829 g/mol. The molecule has 4 nitrogen and oxygen atoms in total. The van der Waals surface area contributed by atoms with E-state index in [1.54, 1.807) is 0 Å². The fourth-order valence-electron chi connectivity index (χ4n) is 9.09. The van der Waals surface area contributed by atoms with Gasteiger partial charge in [-0.3, -0.25) is 0 Å². The normalized spacial score (nSPS) is 11.4. The van der Waals surface area contributed by atoms with Crippen LogP contribution in [-0.4, -0.2) is 15.0 Å². The average molecular weight is 830 g/mol. The Morgan fingerprint density at radius 2 is 0.708 bits per heavy atom. The quantitative estimate of drug-likeness (QED) is 0.153. The minimum absolute atomic E-state index is 0.577. The van der Waals surface area contributed by atoms with Crippen LogP contribution in [0.5, 0.6) is 0 Å². The van der Waals surface area contributed by atoms with Gasteiger partial charge in [0.15, 0.2) is 17.5 Å². The predicted octanol–water partition coefficient (Wildman–Crippen LogP) is 16.3. The fraction of sp³-hybridized carbons (Fsp3) is 0. The number of furan rings is 1. The van der Waals surface area contributed by atoms with Crippen LogP contribution in [0, 0.1) is 0 Å². The molecule has 0 aliphatic heterocycles. The maximum atomic E-state index is 6.77. The van der Waals surface area contributed by atoms with Gasteiger partial charge in [0, 0.05) is 33.0 Å². The Kier molecular flexibility index (Phi) is 9.46. The van der Waals surface area contributed by atoms with Gasteiger partial charge in [-0.1, -0.05) is 218 Å². The van der Waals surface area contributed by atoms with Gasteiger partial charge in [0.05, 0.1) is 0 Å². The van der Waals surface area contributed by atoms with E-state index in [0.717, 1.165) is 77.2 Å². The van der Waals surface area contributed by atoms with Crippen LogP contribution in [0.1, 0.15) is 0 Å². The topological polar surface area (TPSA) is 51.8 Å². The number of rotatable bonds is 8. The lowest BCUT2D eigenvalue weighted by molar-refractivity contribution is 0.670. The number of hydrogen-bond acceptors (Lipinski definition) is 4. The van der Waals surface area contributed by atoms with Crippen molar-refractivity contribution >= 4 is 32.7 Å². The summed E-state index contributed by atoms with van der Waals surface area (Å²) in [6, 6.07) is 82.9. The van der Waals surface area contributed by atoms with E-state index in [0.29, 0.717) is 17.5 Å². The Morgan fingerprint density at radius 3 is 1.38 bits per heavy atom. The summed E-state index contributed by atoms with van der Waals surface area (Å²) < 4.78 is 6.77. The third-order valence-electron chi connectivity index (χ3n) is 12.4. The molecule has 0 fully saturated rings. The molecule has 2 heterocycles. The highest BCUT2D eigenvalue weighted by molar-refractivity contribution is 6.15. The lowest BCUT2D eigenvalue weighted by Crippen LogP contribution is -2.01. The van der Waals surface area contributed by atoms with Crippen LogP contribution >= 0.6 is 0 Å². The van der Waals surface area contributed by atoms with E-state index in [2.05, 4.69) is 206 Å². The average Bonchev–Trinajstić information content (AvgIpc) is 3.79. The second kappa shape index (κ2) is 16.2. The maximum absolute atomic E-state index is 6.77. The van der Waals surface area contributed by atoms with Crippen molar-refractivity contribution in [1.82, 2.24) is 15.0 Å². The predicted molar refractivity (Wildman–Crippen MR) is 268 cm³/mol. The molecule has 10 aromatic carbocycles. The van der Waals surface area contributed by atoms with E-state index in [1.807, 2.05) is 30.3 Å². The van der Waals surface area contributed by atoms with E-state index in [1.165, 1.54) is 27.8 Å². The fourth-order valence-corrected chi connectivity index (χ4v) is 9.09. The molecular formula is C61H39N3O. The van der Waals surface area contributed by atoms with E-state index in [4.69, 9.17) is 19.4 Å². The van der Waals surface area contributed by atoms with Crippen LogP contribution in [0.3, 0.4) is 0 Å². The summed E-state index contributed by atoms with van der Waals surface area (Å²) in [4.78, 5) is 15.9. The van der Waals surface area contributed by atoms with Gasteiger partial charge < -0.3 is 4.42 Å². The summed E-state index contributed by atoms with van der Waals surface area (Å²) in [7, 11) is 0. The first-order valence-electron chi connectivity index (χ1n) is 21.9. The molecule has 0 spiro atoms. The molecule has 0 unspecified atom stereocenters. The van der Waals surface area contributed by atoms with Crippen LogP contribution in [0.15, 0.2) is 241 Å². The van der Waals surface area contributed by atoms with Gasteiger partial charge in [-0.15, -0.1) is 0 Å². The van der Waals surface area contributed by atoms with Crippen LogP contribution in [-0.2, 0) is 0 Å². The van der Waals surface area contributed by atoms with Gasteiger partial charge in [0.1, 0.15) is 11.2 Å². The molecule has 2 aromatic heterocycles. The molecule has 0 aliphatic rings. The van der Waals surface area contributed by atoms with E-state index < -0.39 is 0 Å². The molecule has 12 aromatic rings. The molecule has 0 atom stereocenters. The van der Waals surface area contributed by atoms with Gasteiger partial charge in [-0.25, -0.2) is 15.0 Å². The lowest BCUT2D eigenvalue weighted by atomic mass is 9.97. The van der Waals surface area contributed by atoms with Crippen molar-refractivity contribution in [3.05, 3.63) is 237 Å². The third-order valence-corrected chi connectivity index (χ3v) is 12.4. The highest BCUT2D eigenvalue weighted by Crippen LogP contribution is 2.41. The summed E-state index contributed by atoms with van der Waals surface area (Å²) in [6.07, 6.45) is 0. The van der Waals surface area contributed by atoms with Crippen LogP contribution in [0.25, 0.3) is 123 Å². The largest absolute Gasteiger partial charge is 0.455 e. The molecule has 0 radical (unpaired) electrons. The Balaban J connectivity index is 0.997. The summed E-state index contributed by atoms with van der Waals surface area (Å²) in [5, 5.41) is 4.15. The van der Waals surface area contributed by atoms with Crippen molar-refractivity contribution in [3.63, 3.8) is 0 Å². The molecule has 0 saturated carbocycles. The molecule has 12 rings (SSSR count). The highest BCUT2D eigenvalue weighted by Gasteiger charge is 2.20. The van der Waals surface area contributed by atoms with Gasteiger partial charge in [-0.2, -0.15) is 0 Å². The number of para-hydroxylation sites is 1. The first-order chi connectivity index (χ1) is 32.2. The number of aromatic nitrogens is 3. The van der Waals surface area contributed by atoms with E-state index in [9.17, 15) is 0 Å². The second-order valence-electron chi connectivity index (χ2n) is 16.3. The Hall–Kier alpha value is -8.73. The van der Waals surface area contributed by atoms with Gasteiger partial charge in [0.2, 0.25) is 0 Å². The minimum Gasteiger partial charge on any atom is -0.455 e. The van der Waals surface area contributed by atoms with Gasteiger partial charge in [0.25, 0.3) is 0 Å². The second-order valence-corrected chi connectivity index (χ2v) is 16.3. The summed E-state index contributed by atoms with van der Waals surface area (Å²) in [5.74, 6) is 1.77. The van der Waals surface area contributed by atoms with Crippen molar-refractivity contribution in [2.45, 2.75) is 0 Å². The van der Waals surface area contributed by atoms with Crippen LogP contribution < -0.4 is 0 Å². The van der Waals surface area contributed by atoms with Gasteiger partial charge in [-0.05, 0) is 79.0 Å². The molecule has 0 aliphatic carbocycles. The Labute approximate surface area is 376 Å². The van der Waals surface area contributed by atoms with Crippen LogP contribution in [0.4, 0.5) is 0 Å². The molecule has 0 bridgehead atoms. The summed E-state index contributed by atoms with van der Waals surface area (Å²) in [6.45, 7) is 0. The molecule has 0 saturated heterocycles.